The molecule has 1 aromatic heterocycles. The van der Waals surface area contributed by atoms with Crippen LogP contribution >= 0.6 is 0 Å². The van der Waals surface area contributed by atoms with Gasteiger partial charge in [-0.2, -0.15) is 0 Å². The largest absolute Gasteiger partial charge is 0.310 e. The summed E-state index contributed by atoms with van der Waals surface area (Å²) in [6.45, 7) is 9.49. The lowest BCUT2D eigenvalue weighted by Crippen LogP contribution is -2.23. The Hall–Kier alpha value is -7.42. The molecule has 0 radical (unpaired) electrons. The first-order valence-corrected chi connectivity index (χ1v) is 26.0. The Bertz CT molecular complexity index is 3520. The number of anilines is 3. The highest BCUT2D eigenvalue weighted by Crippen LogP contribution is 2.55. The van der Waals surface area contributed by atoms with Crippen LogP contribution in [0, 0.1) is 0 Å². The smallest absolute Gasteiger partial charge is 0.0542 e. The third kappa shape index (κ3) is 6.98. The number of aromatic nitrogens is 1. The summed E-state index contributed by atoms with van der Waals surface area (Å²) >= 11 is 0. The van der Waals surface area contributed by atoms with E-state index in [1.54, 1.807) is 0 Å². The molecule has 2 aliphatic rings. The van der Waals surface area contributed by atoms with Gasteiger partial charge in [-0.1, -0.05) is 173 Å². The van der Waals surface area contributed by atoms with Gasteiger partial charge in [0, 0.05) is 44.4 Å². The molecule has 0 bridgehead atoms. The molecule has 1 heterocycles. The molecule has 0 saturated carbocycles. The van der Waals surface area contributed by atoms with Gasteiger partial charge in [0.2, 0.25) is 0 Å². The quantitative estimate of drug-likeness (QED) is 0.106. The fraction of sp³-hybridized carbons (Fsp3) is 0.206. The summed E-state index contributed by atoms with van der Waals surface area (Å²) < 4.78 is 2.47. The van der Waals surface area contributed by atoms with Crippen molar-refractivity contribution in [2.75, 3.05) is 4.90 Å². The molecule has 344 valence electrons. The zero-order valence-electron chi connectivity index (χ0n) is 41.1. The van der Waals surface area contributed by atoms with Crippen LogP contribution in [0.3, 0.4) is 0 Å². The van der Waals surface area contributed by atoms with Crippen molar-refractivity contribution in [1.29, 1.82) is 0 Å². The molecule has 12 rings (SSSR count). The number of rotatable bonds is 14. The molecule has 10 aromatic rings. The second-order valence-electron chi connectivity index (χ2n) is 20.0. The summed E-state index contributed by atoms with van der Waals surface area (Å²) in [4.78, 5) is 2.48. The van der Waals surface area contributed by atoms with Crippen LogP contribution in [0.5, 0.6) is 0 Å². The van der Waals surface area contributed by atoms with E-state index < -0.39 is 0 Å². The number of para-hydroxylation sites is 2. The zero-order chi connectivity index (χ0) is 47.4. The second kappa shape index (κ2) is 17.8. The van der Waals surface area contributed by atoms with E-state index in [1.165, 1.54) is 94.4 Å². The van der Waals surface area contributed by atoms with E-state index in [-0.39, 0.29) is 10.8 Å². The Morgan fingerprint density at radius 1 is 0.400 bits per heavy atom. The summed E-state index contributed by atoms with van der Waals surface area (Å²) in [5.41, 5.74) is 22.8. The average molecular weight is 907 g/mol. The van der Waals surface area contributed by atoms with E-state index >= 15 is 0 Å². The van der Waals surface area contributed by atoms with E-state index in [1.807, 2.05) is 0 Å². The van der Waals surface area contributed by atoms with Gasteiger partial charge in [-0.15, -0.1) is 0 Å². The van der Waals surface area contributed by atoms with E-state index in [4.69, 9.17) is 0 Å². The Kier molecular flexibility index (Phi) is 11.2. The molecule has 70 heavy (non-hydrogen) atoms. The molecular formula is C68H62N2. The normalized spacial score (nSPS) is 14.3. The maximum absolute atomic E-state index is 2.59. The molecule has 0 saturated heterocycles. The predicted molar refractivity (Wildman–Crippen MR) is 297 cm³/mol. The van der Waals surface area contributed by atoms with Gasteiger partial charge in [-0.3, -0.25) is 0 Å². The lowest BCUT2D eigenvalue weighted by molar-refractivity contribution is 0.489. The second-order valence-corrected chi connectivity index (χ2v) is 20.0. The van der Waals surface area contributed by atoms with E-state index in [0.717, 1.165) is 56.3 Å². The Morgan fingerprint density at radius 2 is 0.900 bits per heavy atom. The van der Waals surface area contributed by atoms with E-state index in [2.05, 4.69) is 249 Å². The third-order valence-corrected chi connectivity index (χ3v) is 16.9. The van der Waals surface area contributed by atoms with Gasteiger partial charge < -0.3 is 9.47 Å². The van der Waals surface area contributed by atoms with E-state index in [0.29, 0.717) is 5.92 Å². The fourth-order valence-electron chi connectivity index (χ4n) is 13.2. The SMILES string of the molecule is CCC1(CC)c2ccccc2-c2ccc(CC(CCc3ccccc3)c3ccc4c(c3)c3cc(N(c5ccccc5)c5ccc6c(c5)C(CC)(CC)c5ccccc5-6)ccc3n4-c3ccccc3)cc21. The van der Waals surface area contributed by atoms with Crippen LogP contribution in [0.1, 0.15) is 105 Å². The van der Waals surface area contributed by atoms with Gasteiger partial charge in [0.15, 0.2) is 0 Å². The van der Waals surface area contributed by atoms with Crippen molar-refractivity contribution in [3.63, 3.8) is 0 Å². The Balaban J connectivity index is 1.01. The monoisotopic (exact) mass is 906 g/mol. The minimum Gasteiger partial charge on any atom is -0.310 e. The molecule has 0 amide bonds. The molecule has 0 spiro atoms. The molecule has 9 aromatic carbocycles. The number of hydrogen-bond donors (Lipinski definition) is 0. The summed E-state index contributed by atoms with van der Waals surface area (Å²) in [6.07, 6.45) is 7.37. The summed E-state index contributed by atoms with van der Waals surface area (Å²) in [7, 11) is 0. The first-order valence-electron chi connectivity index (χ1n) is 26.0. The first kappa shape index (κ1) is 43.8. The molecule has 2 aliphatic carbocycles. The van der Waals surface area contributed by atoms with Crippen LogP contribution < -0.4 is 4.90 Å². The zero-order valence-corrected chi connectivity index (χ0v) is 41.1. The molecule has 1 unspecified atom stereocenters. The van der Waals surface area contributed by atoms with Crippen LogP contribution in [-0.2, 0) is 23.7 Å². The van der Waals surface area contributed by atoms with Gasteiger partial charge in [0.1, 0.15) is 0 Å². The topological polar surface area (TPSA) is 8.17 Å². The van der Waals surface area contributed by atoms with Gasteiger partial charge in [0.25, 0.3) is 0 Å². The standard InChI is InChI=1S/C68H62N2/c1-5-67(6-2)61-30-20-18-28-55(61)57-38-33-48(43-63(57)67)42-49(34-32-47-22-12-9-13-23-47)50-35-40-65-59(44-50)60-45-53(37-41-66(60)70(65)52-26-16-11-17-27-52)69(51-24-14-10-15-25-51)54-36-39-58-56-29-19-21-31-62(56)68(7-3,8-4)64(58)46-54/h9-31,33,35-41,43-46,49H,5-8,32,34,42H2,1-4H3. The molecule has 2 nitrogen and oxygen atoms in total. The van der Waals surface area contributed by atoms with Crippen molar-refractivity contribution in [1.82, 2.24) is 4.57 Å². The van der Waals surface area contributed by atoms with Crippen molar-refractivity contribution in [3.05, 3.63) is 251 Å². The number of nitrogens with zero attached hydrogens (tertiary/aromatic N) is 2. The fourth-order valence-corrected chi connectivity index (χ4v) is 13.2. The number of fused-ring (bicyclic) bond motifs is 9. The third-order valence-electron chi connectivity index (χ3n) is 16.9. The van der Waals surface area contributed by atoms with Crippen LogP contribution in [0.25, 0.3) is 49.7 Å². The van der Waals surface area contributed by atoms with Gasteiger partial charge >= 0.3 is 0 Å². The van der Waals surface area contributed by atoms with Crippen molar-refractivity contribution >= 4 is 38.9 Å². The van der Waals surface area contributed by atoms with Crippen LogP contribution in [0.15, 0.2) is 212 Å². The molecular weight excluding hydrogens is 845 g/mol. The van der Waals surface area contributed by atoms with Crippen LogP contribution in [-0.4, -0.2) is 4.57 Å². The summed E-state index contributed by atoms with van der Waals surface area (Å²) in [6, 6.07) is 80.5. The van der Waals surface area contributed by atoms with Crippen LogP contribution in [0.4, 0.5) is 17.1 Å². The molecule has 2 heteroatoms. The Labute approximate surface area is 414 Å². The Morgan fingerprint density at radius 3 is 1.54 bits per heavy atom. The number of aryl methyl sites for hydroxylation is 1. The minimum atomic E-state index is -0.0231. The highest BCUT2D eigenvalue weighted by atomic mass is 15.1. The lowest BCUT2D eigenvalue weighted by Gasteiger charge is -2.31. The van der Waals surface area contributed by atoms with Crippen molar-refractivity contribution < 1.29 is 0 Å². The molecule has 0 fully saturated rings. The van der Waals surface area contributed by atoms with Crippen molar-refractivity contribution in [2.24, 2.45) is 0 Å². The maximum Gasteiger partial charge on any atom is 0.0542 e. The summed E-state index contributed by atoms with van der Waals surface area (Å²) in [5.74, 6) is 0.316. The first-order chi connectivity index (χ1) is 34.5. The van der Waals surface area contributed by atoms with Gasteiger partial charge in [0.05, 0.1) is 11.0 Å². The molecule has 0 N–H and O–H groups in total. The van der Waals surface area contributed by atoms with Gasteiger partial charge in [-0.25, -0.2) is 0 Å². The van der Waals surface area contributed by atoms with Crippen molar-refractivity contribution in [2.45, 2.75) is 89.4 Å². The predicted octanol–water partition coefficient (Wildman–Crippen LogP) is 18.4. The molecule has 1 atom stereocenters. The highest BCUT2D eigenvalue weighted by Gasteiger charge is 2.42. The van der Waals surface area contributed by atoms with Crippen molar-refractivity contribution in [3.8, 4) is 27.9 Å². The lowest BCUT2D eigenvalue weighted by atomic mass is 9.73. The maximum atomic E-state index is 2.59. The van der Waals surface area contributed by atoms with Gasteiger partial charge in [-0.05, 0) is 179 Å². The number of benzene rings is 9. The summed E-state index contributed by atoms with van der Waals surface area (Å²) in [5, 5.41) is 2.55. The highest BCUT2D eigenvalue weighted by molar-refractivity contribution is 6.11. The molecule has 0 aliphatic heterocycles. The van der Waals surface area contributed by atoms with E-state index in [9.17, 15) is 0 Å². The minimum absolute atomic E-state index is 0.0231. The van der Waals surface area contributed by atoms with Crippen LogP contribution in [0.2, 0.25) is 0 Å². The average Bonchev–Trinajstić information content (AvgIpc) is 4.01. The number of hydrogen-bond acceptors (Lipinski definition) is 1.